The van der Waals surface area contributed by atoms with E-state index in [2.05, 4.69) is 0 Å². The Labute approximate surface area is 152 Å². The number of nitro groups is 1. The van der Waals surface area contributed by atoms with E-state index in [1.165, 1.54) is 16.7 Å². The lowest BCUT2D eigenvalue weighted by atomic mass is 10.0. The van der Waals surface area contributed by atoms with Gasteiger partial charge in [0.1, 0.15) is 0 Å². The second-order valence-corrected chi connectivity index (χ2v) is 6.34. The summed E-state index contributed by atoms with van der Waals surface area (Å²) in [5, 5.41) is 30.5. The smallest absolute Gasteiger partial charge is 0.270 e. The highest BCUT2D eigenvalue weighted by Gasteiger charge is 2.33. The number of aliphatic hydroxyl groups excluding tert-OH is 2. The molecule has 0 radical (unpaired) electrons. The zero-order valence-electron chi connectivity index (χ0n) is 14.0. The van der Waals surface area contributed by atoms with Crippen LogP contribution >= 0.6 is 0 Å². The number of fused-ring (bicyclic) bond motifs is 5. The van der Waals surface area contributed by atoms with Gasteiger partial charge >= 0.3 is 0 Å². The molecule has 8 nitrogen and oxygen atoms in total. The number of nitro benzene ring substituents is 1. The average Bonchev–Trinajstić information content (AvgIpc) is 2.97. The van der Waals surface area contributed by atoms with Crippen LogP contribution in [0.1, 0.15) is 15.9 Å². The van der Waals surface area contributed by atoms with Crippen molar-refractivity contribution in [2.24, 2.45) is 0 Å². The normalized spacial score (nSPS) is 13.5. The number of benzene rings is 2. The van der Waals surface area contributed by atoms with E-state index < -0.39 is 23.2 Å². The minimum Gasteiger partial charge on any atom is -0.394 e. The molecule has 1 heterocycles. The first-order valence-corrected chi connectivity index (χ1v) is 8.22. The molecule has 0 spiro atoms. The van der Waals surface area contributed by atoms with Crippen molar-refractivity contribution < 1.29 is 19.9 Å². The zero-order chi connectivity index (χ0) is 19.3. The van der Waals surface area contributed by atoms with Gasteiger partial charge in [0.15, 0.2) is 5.78 Å². The molecule has 1 aliphatic carbocycles. The number of rotatable bonds is 4. The van der Waals surface area contributed by atoms with Crippen molar-refractivity contribution >= 4 is 22.2 Å². The van der Waals surface area contributed by atoms with Crippen LogP contribution < -0.4 is 5.56 Å². The first-order chi connectivity index (χ1) is 12.9. The fraction of sp³-hybridized carbons (Fsp3) is 0.158. The second kappa shape index (κ2) is 6.11. The Morgan fingerprint density at radius 3 is 2.44 bits per heavy atom. The first kappa shape index (κ1) is 17.1. The van der Waals surface area contributed by atoms with Crippen LogP contribution in [-0.4, -0.2) is 38.2 Å². The van der Waals surface area contributed by atoms with E-state index in [-0.39, 0.29) is 29.0 Å². The Morgan fingerprint density at radius 2 is 1.78 bits per heavy atom. The van der Waals surface area contributed by atoms with Gasteiger partial charge in [-0.2, -0.15) is 0 Å². The molecule has 0 bridgehead atoms. The molecule has 27 heavy (non-hydrogen) atoms. The molecule has 136 valence electrons. The summed E-state index contributed by atoms with van der Waals surface area (Å²) in [4.78, 5) is 36.5. The Hall–Kier alpha value is -3.36. The molecular formula is C19H14N2O6. The summed E-state index contributed by atoms with van der Waals surface area (Å²) in [5.41, 5.74) is 0.770. The zero-order valence-corrected chi connectivity index (χ0v) is 14.0. The lowest BCUT2D eigenvalue weighted by Gasteiger charge is -2.17. The molecule has 1 aliphatic rings. The van der Waals surface area contributed by atoms with Crippen LogP contribution in [0.4, 0.5) is 5.69 Å². The number of aliphatic hydroxyl groups is 2. The lowest BCUT2D eigenvalue weighted by molar-refractivity contribution is -0.384. The van der Waals surface area contributed by atoms with Gasteiger partial charge in [-0.3, -0.25) is 19.7 Å². The third-order valence-electron chi connectivity index (χ3n) is 4.72. The quantitative estimate of drug-likeness (QED) is 0.417. The summed E-state index contributed by atoms with van der Waals surface area (Å²) < 4.78 is 1.21. The van der Waals surface area contributed by atoms with E-state index in [1.807, 2.05) is 0 Å². The minimum absolute atomic E-state index is 0.0224. The monoisotopic (exact) mass is 366 g/mol. The molecule has 8 heteroatoms. The van der Waals surface area contributed by atoms with Crippen molar-refractivity contribution in [2.45, 2.75) is 12.6 Å². The number of nitrogens with zero attached hydrogens (tertiary/aromatic N) is 2. The van der Waals surface area contributed by atoms with Gasteiger partial charge in [0.05, 0.1) is 40.8 Å². The predicted molar refractivity (Wildman–Crippen MR) is 96.8 cm³/mol. The van der Waals surface area contributed by atoms with E-state index in [1.54, 1.807) is 24.3 Å². The van der Waals surface area contributed by atoms with Gasteiger partial charge in [0.2, 0.25) is 0 Å². The van der Waals surface area contributed by atoms with Crippen molar-refractivity contribution in [1.82, 2.24) is 4.57 Å². The maximum atomic E-state index is 13.1. The number of hydrogen-bond donors (Lipinski definition) is 2. The summed E-state index contributed by atoms with van der Waals surface area (Å²) in [6, 6.07) is 10.6. The van der Waals surface area contributed by atoms with Crippen LogP contribution in [0.5, 0.6) is 0 Å². The van der Waals surface area contributed by atoms with Crippen molar-refractivity contribution in [3.8, 4) is 11.3 Å². The number of carbonyl (C=O) groups is 1. The summed E-state index contributed by atoms with van der Waals surface area (Å²) in [7, 11) is 0. The van der Waals surface area contributed by atoms with Gasteiger partial charge in [0.25, 0.3) is 11.2 Å². The Kier molecular flexibility index (Phi) is 3.87. The fourth-order valence-corrected chi connectivity index (χ4v) is 3.53. The van der Waals surface area contributed by atoms with Gasteiger partial charge in [-0.1, -0.05) is 24.3 Å². The first-order valence-electron chi connectivity index (χ1n) is 8.22. The molecule has 4 rings (SSSR count). The number of pyridine rings is 1. The number of carbonyl (C=O) groups excluding carboxylic acids is 1. The van der Waals surface area contributed by atoms with Gasteiger partial charge in [0, 0.05) is 28.6 Å². The van der Waals surface area contributed by atoms with E-state index in [0.717, 1.165) is 6.07 Å². The summed E-state index contributed by atoms with van der Waals surface area (Å²) in [5.74, 6) is -0.285. The Bertz CT molecular complexity index is 1180. The van der Waals surface area contributed by atoms with Crippen LogP contribution in [0, 0.1) is 10.1 Å². The molecule has 0 unspecified atom stereocenters. The van der Waals surface area contributed by atoms with E-state index in [0.29, 0.717) is 22.2 Å². The van der Waals surface area contributed by atoms with E-state index >= 15 is 0 Å². The summed E-state index contributed by atoms with van der Waals surface area (Å²) in [6.45, 7) is -0.804. The van der Waals surface area contributed by atoms with Crippen molar-refractivity contribution in [3.05, 3.63) is 74.1 Å². The van der Waals surface area contributed by atoms with E-state index in [4.69, 9.17) is 0 Å². The fourth-order valence-electron chi connectivity index (χ4n) is 3.53. The van der Waals surface area contributed by atoms with Crippen LogP contribution in [0.15, 0.2) is 47.3 Å². The third-order valence-corrected chi connectivity index (χ3v) is 4.72. The molecule has 0 saturated carbocycles. The topological polar surface area (TPSA) is 123 Å². The maximum Gasteiger partial charge on any atom is 0.270 e. The highest BCUT2D eigenvalue weighted by molar-refractivity contribution is 6.26. The summed E-state index contributed by atoms with van der Waals surface area (Å²) >= 11 is 0. The largest absolute Gasteiger partial charge is 0.394 e. The molecule has 2 N–H and O–H groups in total. The molecule has 0 amide bonds. The number of aromatic nitrogens is 1. The van der Waals surface area contributed by atoms with Gasteiger partial charge in [-0.25, -0.2) is 0 Å². The van der Waals surface area contributed by atoms with Crippen LogP contribution in [0.3, 0.4) is 0 Å². The minimum atomic E-state index is -1.22. The molecule has 0 fully saturated rings. The number of non-ortho nitro benzene ring substituents is 1. The number of ketones is 1. The van der Waals surface area contributed by atoms with Crippen LogP contribution in [0.2, 0.25) is 0 Å². The molecule has 3 aromatic rings. The standard InChI is InChI=1S/C19H14N2O6/c22-9-11(23)8-20-17-13-3-1-2-4-14(13)18(24)16(17)12-6-5-10(21(26)27)7-15(12)19(20)25/h1-7,11,22-23H,8-9H2/t11-/m1/s1. The molecule has 0 saturated heterocycles. The van der Waals surface area contributed by atoms with Crippen LogP contribution in [0.25, 0.3) is 22.0 Å². The van der Waals surface area contributed by atoms with Gasteiger partial charge in [-0.15, -0.1) is 0 Å². The van der Waals surface area contributed by atoms with Crippen molar-refractivity contribution in [1.29, 1.82) is 0 Å². The van der Waals surface area contributed by atoms with Gasteiger partial charge < -0.3 is 14.8 Å². The summed E-state index contributed by atoms with van der Waals surface area (Å²) in [6.07, 6.45) is -1.22. The molecular weight excluding hydrogens is 352 g/mol. The highest BCUT2D eigenvalue weighted by atomic mass is 16.6. The SMILES string of the molecule is O=C1c2ccccc2-c2c1c1ccc([N+](=O)[O-])cc1c(=O)n2C[C@@H](O)CO. The molecule has 0 aliphatic heterocycles. The van der Waals surface area contributed by atoms with E-state index in [9.17, 15) is 29.9 Å². The van der Waals surface area contributed by atoms with Gasteiger partial charge in [-0.05, 0) is 6.07 Å². The maximum absolute atomic E-state index is 13.1. The predicted octanol–water partition coefficient (Wildman–Crippen LogP) is 1.47. The number of hydrogen-bond acceptors (Lipinski definition) is 6. The molecule has 1 atom stereocenters. The molecule has 1 aromatic heterocycles. The van der Waals surface area contributed by atoms with Crippen LogP contribution in [-0.2, 0) is 6.54 Å². The van der Waals surface area contributed by atoms with Crippen molar-refractivity contribution in [3.63, 3.8) is 0 Å². The van der Waals surface area contributed by atoms with Crippen molar-refractivity contribution in [2.75, 3.05) is 6.61 Å². The second-order valence-electron chi connectivity index (χ2n) is 6.34. The molecule has 2 aromatic carbocycles. The highest BCUT2D eigenvalue weighted by Crippen LogP contribution is 2.39. The Balaban J connectivity index is 2.14. The lowest BCUT2D eigenvalue weighted by Crippen LogP contribution is -2.30. The third kappa shape index (κ3) is 2.46. The Morgan fingerprint density at radius 1 is 1.07 bits per heavy atom. The average molecular weight is 366 g/mol.